The van der Waals surface area contributed by atoms with Crippen molar-refractivity contribution in [3.8, 4) is 5.69 Å². The number of hydrogen-bond donors (Lipinski definition) is 1. The molecule has 1 aromatic heterocycles. The van der Waals surface area contributed by atoms with Gasteiger partial charge in [-0.1, -0.05) is 0 Å². The number of benzene rings is 1. The second-order valence-electron chi connectivity index (χ2n) is 9.65. The fourth-order valence-electron chi connectivity index (χ4n) is 6.90. The molecule has 6 heteroatoms. The molecule has 4 saturated carbocycles. The zero-order chi connectivity index (χ0) is 19.8. The lowest BCUT2D eigenvalue weighted by molar-refractivity contribution is 0.0868. The average molecular weight is 397 g/mol. The van der Waals surface area contributed by atoms with Crippen molar-refractivity contribution >= 4 is 5.91 Å². The van der Waals surface area contributed by atoms with Crippen LogP contribution in [0.3, 0.4) is 0 Å². The monoisotopic (exact) mass is 397 g/mol. The van der Waals surface area contributed by atoms with E-state index in [1.165, 1.54) is 25.3 Å². The van der Waals surface area contributed by atoms with Crippen LogP contribution in [0.25, 0.3) is 5.69 Å². The number of amides is 1. The number of halogens is 2. The molecule has 29 heavy (non-hydrogen) atoms. The van der Waals surface area contributed by atoms with Gasteiger partial charge in [-0.05, 0) is 87.7 Å². The molecule has 0 saturated heterocycles. The van der Waals surface area contributed by atoms with Crippen LogP contribution in [0.5, 0.6) is 0 Å². The molecule has 1 N–H and O–H groups in total. The van der Waals surface area contributed by atoms with Crippen LogP contribution in [-0.2, 0) is 12.8 Å². The topological polar surface area (TPSA) is 46.9 Å². The first-order valence-corrected chi connectivity index (χ1v) is 10.9. The summed E-state index contributed by atoms with van der Waals surface area (Å²) in [6, 6.07) is 3.81. The Labute approximate surface area is 168 Å². The predicted molar refractivity (Wildman–Crippen MR) is 104 cm³/mol. The fraction of sp³-hybridized carbons (Fsp3) is 0.565. The Bertz CT molecular complexity index is 1000. The summed E-state index contributed by atoms with van der Waals surface area (Å²) in [4.78, 5) is 13.4. The standard InChI is InChI=1S/C23H25F2N3O/c24-18-6-5-16(10-19(18)25)28-20-4-2-1-3-17(20)21(27-28)22(29)26-23-11-13-7-14(12-23)9-15(23)8-13/h5-6,10,13-15H,1-4,7-9,11-12H2,(H,26,29). The van der Waals surface area contributed by atoms with Gasteiger partial charge in [-0.2, -0.15) is 5.10 Å². The largest absolute Gasteiger partial charge is 0.345 e. The van der Waals surface area contributed by atoms with Gasteiger partial charge in [0.25, 0.3) is 5.91 Å². The van der Waals surface area contributed by atoms with E-state index in [0.29, 0.717) is 17.3 Å². The second kappa shape index (κ2) is 6.13. The summed E-state index contributed by atoms with van der Waals surface area (Å²) in [6.07, 6.45) is 9.67. The lowest BCUT2D eigenvalue weighted by Crippen LogP contribution is -2.49. The number of hydrogen-bond acceptors (Lipinski definition) is 2. The average Bonchev–Trinajstić information content (AvgIpc) is 3.27. The first-order chi connectivity index (χ1) is 14.0. The quantitative estimate of drug-likeness (QED) is 0.838. The second-order valence-corrected chi connectivity index (χ2v) is 9.65. The van der Waals surface area contributed by atoms with Crippen LogP contribution in [0.1, 0.15) is 66.7 Å². The summed E-state index contributed by atoms with van der Waals surface area (Å²) in [7, 11) is 0. The van der Waals surface area contributed by atoms with Gasteiger partial charge in [0, 0.05) is 22.9 Å². The Kier molecular flexibility index (Phi) is 3.72. The maximum absolute atomic E-state index is 13.8. The molecule has 1 amide bonds. The molecule has 1 heterocycles. The Morgan fingerprint density at radius 1 is 1.07 bits per heavy atom. The maximum Gasteiger partial charge on any atom is 0.272 e. The SMILES string of the molecule is O=C(NC12CC3CC(CC1C3)C2)c1nn(-c2ccc(F)c(F)c2)c2c1CCCC2. The van der Waals surface area contributed by atoms with Gasteiger partial charge in [0.1, 0.15) is 0 Å². The van der Waals surface area contributed by atoms with Gasteiger partial charge in [0.05, 0.1) is 5.69 Å². The fourth-order valence-corrected chi connectivity index (χ4v) is 6.90. The van der Waals surface area contributed by atoms with Gasteiger partial charge < -0.3 is 5.32 Å². The summed E-state index contributed by atoms with van der Waals surface area (Å²) in [5, 5.41) is 8.05. The highest BCUT2D eigenvalue weighted by Crippen LogP contribution is 2.60. The van der Waals surface area contributed by atoms with E-state index in [9.17, 15) is 13.6 Å². The summed E-state index contributed by atoms with van der Waals surface area (Å²) < 4.78 is 28.9. The lowest BCUT2D eigenvalue weighted by Gasteiger charge is -2.33. The van der Waals surface area contributed by atoms with Crippen LogP contribution in [-0.4, -0.2) is 21.2 Å². The number of fused-ring (bicyclic) bond motifs is 1. The molecule has 0 spiro atoms. The minimum atomic E-state index is -0.897. The normalized spacial score (nSPS) is 31.9. The van der Waals surface area contributed by atoms with Crippen molar-refractivity contribution in [1.29, 1.82) is 0 Å². The number of carbonyl (C=O) groups excluding carboxylic acids is 1. The van der Waals surface area contributed by atoms with E-state index in [4.69, 9.17) is 0 Å². The summed E-state index contributed by atoms with van der Waals surface area (Å²) in [5.41, 5.74) is 2.85. The van der Waals surface area contributed by atoms with E-state index < -0.39 is 11.6 Å². The Morgan fingerprint density at radius 2 is 1.83 bits per heavy atom. The van der Waals surface area contributed by atoms with Crippen LogP contribution < -0.4 is 5.32 Å². The lowest BCUT2D eigenvalue weighted by atomic mass is 9.80. The number of aromatic nitrogens is 2. The highest BCUT2D eigenvalue weighted by Gasteiger charge is 2.58. The van der Waals surface area contributed by atoms with Gasteiger partial charge in [-0.3, -0.25) is 4.79 Å². The highest BCUT2D eigenvalue weighted by atomic mass is 19.2. The van der Waals surface area contributed by atoms with Crippen molar-refractivity contribution in [2.24, 2.45) is 17.8 Å². The highest BCUT2D eigenvalue weighted by molar-refractivity contribution is 5.95. The molecule has 0 aliphatic heterocycles. The van der Waals surface area contributed by atoms with Crippen LogP contribution >= 0.6 is 0 Å². The van der Waals surface area contributed by atoms with Gasteiger partial charge in [-0.25, -0.2) is 13.5 Å². The molecule has 4 fully saturated rings. The molecule has 4 nitrogen and oxygen atoms in total. The first-order valence-electron chi connectivity index (χ1n) is 10.9. The first kappa shape index (κ1) is 17.6. The molecule has 152 valence electrons. The van der Waals surface area contributed by atoms with Crippen LogP contribution in [0, 0.1) is 29.4 Å². The molecular weight excluding hydrogens is 372 g/mol. The Morgan fingerprint density at radius 3 is 2.59 bits per heavy atom. The third kappa shape index (κ3) is 2.60. The molecule has 2 aromatic rings. The van der Waals surface area contributed by atoms with Crippen molar-refractivity contribution < 1.29 is 13.6 Å². The third-order valence-electron chi connectivity index (χ3n) is 7.90. The summed E-state index contributed by atoms with van der Waals surface area (Å²) in [6.45, 7) is 0. The van der Waals surface area contributed by atoms with Crippen molar-refractivity contribution in [1.82, 2.24) is 15.1 Å². The van der Waals surface area contributed by atoms with Gasteiger partial charge in [-0.15, -0.1) is 0 Å². The van der Waals surface area contributed by atoms with Crippen LogP contribution in [0.15, 0.2) is 18.2 Å². The molecule has 4 bridgehead atoms. The molecule has 1 aromatic carbocycles. The van der Waals surface area contributed by atoms with E-state index in [1.807, 2.05) is 0 Å². The summed E-state index contributed by atoms with van der Waals surface area (Å²) >= 11 is 0. The van der Waals surface area contributed by atoms with Crippen molar-refractivity contribution in [2.75, 3.05) is 0 Å². The molecular formula is C23H25F2N3O. The van der Waals surface area contributed by atoms with E-state index in [-0.39, 0.29) is 11.4 Å². The summed E-state index contributed by atoms with van der Waals surface area (Å²) in [5.74, 6) is 0.283. The van der Waals surface area contributed by atoms with E-state index in [2.05, 4.69) is 10.4 Å². The number of nitrogens with zero attached hydrogens (tertiary/aromatic N) is 2. The van der Waals surface area contributed by atoms with Gasteiger partial charge >= 0.3 is 0 Å². The Hall–Kier alpha value is -2.24. The molecule has 2 atom stereocenters. The van der Waals surface area contributed by atoms with Gasteiger partial charge in [0.15, 0.2) is 17.3 Å². The minimum absolute atomic E-state index is 0.0437. The molecule has 5 aliphatic carbocycles. The molecule has 5 aliphatic rings. The molecule has 7 rings (SSSR count). The van der Waals surface area contributed by atoms with Crippen LogP contribution in [0.2, 0.25) is 0 Å². The van der Waals surface area contributed by atoms with E-state index >= 15 is 0 Å². The predicted octanol–water partition coefficient (Wildman–Crippen LogP) is 4.34. The van der Waals surface area contributed by atoms with Gasteiger partial charge in [0.2, 0.25) is 0 Å². The van der Waals surface area contributed by atoms with E-state index in [1.54, 1.807) is 4.68 Å². The maximum atomic E-state index is 13.8. The third-order valence-corrected chi connectivity index (χ3v) is 7.90. The number of carbonyl (C=O) groups is 1. The smallest absolute Gasteiger partial charge is 0.272 e. The minimum Gasteiger partial charge on any atom is -0.345 e. The number of rotatable bonds is 3. The van der Waals surface area contributed by atoms with Crippen molar-refractivity contribution in [3.05, 3.63) is 46.8 Å². The molecule has 2 unspecified atom stereocenters. The van der Waals surface area contributed by atoms with Crippen LogP contribution in [0.4, 0.5) is 8.78 Å². The van der Waals surface area contributed by atoms with E-state index in [0.717, 1.165) is 73.8 Å². The Balaban J connectivity index is 1.37. The van der Waals surface area contributed by atoms with Crippen molar-refractivity contribution in [2.45, 2.75) is 63.3 Å². The zero-order valence-corrected chi connectivity index (χ0v) is 16.4. The zero-order valence-electron chi connectivity index (χ0n) is 16.4. The number of nitrogens with one attached hydrogen (secondary N) is 1. The molecule has 0 radical (unpaired) electrons. The van der Waals surface area contributed by atoms with Crippen molar-refractivity contribution in [3.63, 3.8) is 0 Å².